The molecule has 0 N–H and O–H groups in total. The summed E-state index contributed by atoms with van der Waals surface area (Å²) in [6.07, 6.45) is 0. The number of para-hydroxylation sites is 1. The van der Waals surface area contributed by atoms with Crippen LogP contribution < -0.4 is 4.90 Å². The molecule has 2 aromatic carbocycles. The van der Waals surface area contributed by atoms with Gasteiger partial charge < -0.3 is 9.64 Å². The second kappa shape index (κ2) is 11.3. The molecule has 0 saturated carbocycles. The van der Waals surface area contributed by atoms with Crippen molar-refractivity contribution in [2.45, 2.75) is 33.4 Å². The van der Waals surface area contributed by atoms with Crippen molar-refractivity contribution < 1.29 is 9.53 Å². The molecular weight excluding hydrogens is 374 g/mol. The average Bonchev–Trinajstić information content (AvgIpc) is 2.76. The molecule has 0 bridgehead atoms. The zero-order chi connectivity index (χ0) is 21.3. The number of carbonyl (C=O) groups is 1. The molecule has 1 fully saturated rings. The molecule has 1 aliphatic heterocycles. The zero-order valence-corrected chi connectivity index (χ0v) is 18.6. The van der Waals surface area contributed by atoms with Gasteiger partial charge in [0.25, 0.3) is 0 Å². The minimum Gasteiger partial charge on any atom is -0.379 e. The lowest BCUT2D eigenvalue weighted by atomic mass is 10.1. The van der Waals surface area contributed by atoms with E-state index in [2.05, 4.69) is 54.0 Å². The summed E-state index contributed by atoms with van der Waals surface area (Å²) in [5.41, 5.74) is 3.37. The van der Waals surface area contributed by atoms with Gasteiger partial charge in [0.1, 0.15) is 0 Å². The fourth-order valence-electron chi connectivity index (χ4n) is 4.06. The van der Waals surface area contributed by atoms with Crippen molar-refractivity contribution in [3.05, 3.63) is 65.7 Å². The quantitative estimate of drug-likeness (QED) is 0.634. The van der Waals surface area contributed by atoms with E-state index in [4.69, 9.17) is 4.74 Å². The summed E-state index contributed by atoms with van der Waals surface area (Å²) in [6.45, 7) is 12.6. The van der Waals surface area contributed by atoms with Crippen LogP contribution in [0, 0.1) is 6.92 Å². The van der Waals surface area contributed by atoms with Crippen LogP contribution in [-0.2, 0) is 16.1 Å². The molecule has 1 atom stereocenters. The maximum absolute atomic E-state index is 13.4. The number of nitrogens with zero attached hydrogens (tertiary/aromatic N) is 3. The predicted octanol–water partition coefficient (Wildman–Crippen LogP) is 3.57. The highest BCUT2D eigenvalue weighted by Crippen LogP contribution is 2.20. The summed E-state index contributed by atoms with van der Waals surface area (Å²) in [6, 6.07) is 18.8. The molecule has 0 spiro atoms. The molecule has 2 aromatic rings. The largest absolute Gasteiger partial charge is 0.379 e. The van der Waals surface area contributed by atoms with Crippen LogP contribution in [0.3, 0.4) is 0 Å². The van der Waals surface area contributed by atoms with E-state index >= 15 is 0 Å². The van der Waals surface area contributed by atoms with Gasteiger partial charge in [-0.1, -0.05) is 48.5 Å². The van der Waals surface area contributed by atoms with E-state index in [0.29, 0.717) is 13.1 Å². The van der Waals surface area contributed by atoms with Crippen LogP contribution in [0.5, 0.6) is 0 Å². The van der Waals surface area contributed by atoms with Gasteiger partial charge in [-0.25, -0.2) is 0 Å². The summed E-state index contributed by atoms with van der Waals surface area (Å²) in [5, 5.41) is 0. The van der Waals surface area contributed by atoms with E-state index in [1.165, 1.54) is 5.56 Å². The molecule has 1 unspecified atom stereocenters. The van der Waals surface area contributed by atoms with Crippen LogP contribution in [-0.4, -0.2) is 67.7 Å². The van der Waals surface area contributed by atoms with Crippen LogP contribution in [0.2, 0.25) is 0 Å². The number of ether oxygens (including phenoxy) is 1. The summed E-state index contributed by atoms with van der Waals surface area (Å²) in [5.74, 6) is 0.150. The normalized spacial score (nSPS) is 15.9. The number of aryl methyl sites for hydroxylation is 1. The lowest BCUT2D eigenvalue weighted by molar-refractivity contribution is -0.120. The number of anilines is 1. The Kier molecular flexibility index (Phi) is 8.43. The highest BCUT2D eigenvalue weighted by molar-refractivity contribution is 5.95. The first-order valence-electron chi connectivity index (χ1n) is 11.0. The van der Waals surface area contributed by atoms with Crippen molar-refractivity contribution in [3.8, 4) is 0 Å². The first-order chi connectivity index (χ1) is 14.6. The SMILES string of the molecule is CCN(C(=O)CN(Cc1ccccc1)C(C)CN1CCOCC1)c1ccccc1C. The van der Waals surface area contributed by atoms with E-state index in [-0.39, 0.29) is 11.9 Å². The van der Waals surface area contributed by atoms with E-state index in [1.54, 1.807) is 0 Å². The number of hydrogen-bond donors (Lipinski definition) is 0. The highest BCUT2D eigenvalue weighted by atomic mass is 16.5. The van der Waals surface area contributed by atoms with E-state index in [9.17, 15) is 4.79 Å². The maximum atomic E-state index is 13.4. The summed E-state index contributed by atoms with van der Waals surface area (Å²) >= 11 is 0. The second-order valence-corrected chi connectivity index (χ2v) is 8.08. The first kappa shape index (κ1) is 22.5. The van der Waals surface area contributed by atoms with E-state index in [1.807, 2.05) is 36.1 Å². The molecule has 1 saturated heterocycles. The van der Waals surface area contributed by atoms with E-state index < -0.39 is 0 Å². The molecule has 5 heteroatoms. The topological polar surface area (TPSA) is 36.0 Å². The van der Waals surface area contributed by atoms with Crippen LogP contribution in [0.25, 0.3) is 0 Å². The Labute approximate surface area is 181 Å². The number of likely N-dealkylation sites (N-methyl/N-ethyl adjacent to an activating group) is 1. The fourth-order valence-corrected chi connectivity index (χ4v) is 4.06. The third-order valence-electron chi connectivity index (χ3n) is 5.84. The number of rotatable bonds is 9. The second-order valence-electron chi connectivity index (χ2n) is 8.08. The Morgan fingerprint density at radius 2 is 1.73 bits per heavy atom. The molecule has 1 amide bonds. The number of hydrogen-bond acceptors (Lipinski definition) is 4. The van der Waals surface area contributed by atoms with Gasteiger partial charge in [0.05, 0.1) is 19.8 Å². The fraction of sp³-hybridized carbons (Fsp3) is 0.480. The van der Waals surface area contributed by atoms with Crippen molar-refractivity contribution in [1.29, 1.82) is 0 Å². The Morgan fingerprint density at radius 3 is 2.40 bits per heavy atom. The molecule has 5 nitrogen and oxygen atoms in total. The molecule has 1 heterocycles. The van der Waals surface area contributed by atoms with Gasteiger partial charge >= 0.3 is 0 Å². The number of morpholine rings is 1. The first-order valence-corrected chi connectivity index (χ1v) is 11.0. The molecule has 0 aliphatic carbocycles. The maximum Gasteiger partial charge on any atom is 0.241 e. The zero-order valence-electron chi connectivity index (χ0n) is 18.6. The van der Waals surface area contributed by atoms with Crippen LogP contribution in [0.4, 0.5) is 5.69 Å². The van der Waals surface area contributed by atoms with E-state index in [0.717, 1.165) is 50.6 Å². The predicted molar refractivity (Wildman–Crippen MR) is 123 cm³/mol. The standard InChI is InChI=1S/C25H35N3O2/c1-4-28(24-13-9-8-10-21(24)2)25(29)20-27(19-23-11-6-5-7-12-23)22(3)18-26-14-16-30-17-15-26/h5-13,22H,4,14-20H2,1-3H3. The monoisotopic (exact) mass is 409 g/mol. The Morgan fingerprint density at radius 1 is 1.07 bits per heavy atom. The molecule has 3 rings (SSSR count). The third-order valence-corrected chi connectivity index (χ3v) is 5.84. The molecule has 162 valence electrons. The van der Waals surface area contributed by atoms with Crippen molar-refractivity contribution in [1.82, 2.24) is 9.80 Å². The van der Waals surface area contributed by atoms with Crippen molar-refractivity contribution in [2.24, 2.45) is 0 Å². The Balaban J connectivity index is 1.74. The van der Waals surface area contributed by atoms with Crippen LogP contribution >= 0.6 is 0 Å². The number of amides is 1. The van der Waals surface area contributed by atoms with Crippen LogP contribution in [0.15, 0.2) is 54.6 Å². The van der Waals surface area contributed by atoms with Gasteiger partial charge in [0.2, 0.25) is 5.91 Å². The minimum absolute atomic E-state index is 0.150. The third kappa shape index (κ3) is 6.14. The Hall–Kier alpha value is -2.21. The van der Waals surface area contributed by atoms with Crippen molar-refractivity contribution in [3.63, 3.8) is 0 Å². The molecular formula is C25H35N3O2. The Bertz CT molecular complexity index is 790. The van der Waals surface area contributed by atoms with Crippen molar-refractivity contribution in [2.75, 3.05) is 50.8 Å². The van der Waals surface area contributed by atoms with Crippen molar-refractivity contribution >= 4 is 11.6 Å². The lowest BCUT2D eigenvalue weighted by Crippen LogP contribution is -2.49. The molecule has 1 aliphatic rings. The molecule has 0 aromatic heterocycles. The summed E-state index contributed by atoms with van der Waals surface area (Å²) in [7, 11) is 0. The average molecular weight is 410 g/mol. The van der Waals surface area contributed by atoms with Gasteiger partial charge in [-0.15, -0.1) is 0 Å². The van der Waals surface area contributed by atoms with Gasteiger partial charge in [0.15, 0.2) is 0 Å². The summed E-state index contributed by atoms with van der Waals surface area (Å²) < 4.78 is 5.49. The summed E-state index contributed by atoms with van der Waals surface area (Å²) in [4.78, 5) is 20.0. The highest BCUT2D eigenvalue weighted by Gasteiger charge is 2.24. The smallest absolute Gasteiger partial charge is 0.241 e. The van der Waals surface area contributed by atoms with Gasteiger partial charge in [0, 0.05) is 44.5 Å². The molecule has 0 radical (unpaired) electrons. The van der Waals surface area contributed by atoms with Gasteiger partial charge in [-0.3, -0.25) is 14.6 Å². The lowest BCUT2D eigenvalue weighted by Gasteiger charge is -2.36. The number of carbonyl (C=O) groups excluding carboxylic acids is 1. The number of benzene rings is 2. The minimum atomic E-state index is 0.150. The van der Waals surface area contributed by atoms with Gasteiger partial charge in [-0.2, -0.15) is 0 Å². The van der Waals surface area contributed by atoms with Gasteiger partial charge in [-0.05, 0) is 38.0 Å². The molecule has 30 heavy (non-hydrogen) atoms. The van der Waals surface area contributed by atoms with Crippen LogP contribution in [0.1, 0.15) is 25.0 Å².